The van der Waals surface area contributed by atoms with Crippen molar-refractivity contribution in [3.8, 4) is 11.5 Å². The van der Waals surface area contributed by atoms with E-state index in [1.807, 2.05) is 0 Å². The number of benzene rings is 2. The maximum atomic E-state index is 12.4. The normalized spacial score (nSPS) is 11.7. The Kier molecular flexibility index (Phi) is 7.62. The van der Waals surface area contributed by atoms with Gasteiger partial charge in [0.15, 0.2) is 5.75 Å². The van der Waals surface area contributed by atoms with E-state index in [0.29, 0.717) is 37.4 Å². The molecular formula is C18H16Cl2F3NO3. The monoisotopic (exact) mass is 421 g/mol. The highest BCUT2D eigenvalue weighted by Gasteiger charge is 2.29. The van der Waals surface area contributed by atoms with Crippen molar-refractivity contribution in [1.29, 1.82) is 0 Å². The molecular weight excluding hydrogens is 406 g/mol. The first kappa shape index (κ1) is 21.2. The molecule has 146 valence electrons. The highest BCUT2D eigenvalue weighted by atomic mass is 35.5. The van der Waals surface area contributed by atoms with Gasteiger partial charge in [-0.1, -0.05) is 40.5 Å². The lowest BCUT2D eigenvalue weighted by Gasteiger charge is -2.10. The van der Waals surface area contributed by atoms with Gasteiger partial charge in [0.25, 0.3) is 0 Å². The predicted molar refractivity (Wildman–Crippen MR) is 97.8 cm³/mol. The molecule has 27 heavy (non-hydrogen) atoms. The number of nitrogens with zero attached hydrogens (tertiary/aromatic N) is 1. The number of halogens is 5. The number of ether oxygens (including phenoxy) is 1. The number of phenolic OH excluding ortho intramolecular Hbond substituents is 1. The van der Waals surface area contributed by atoms with Crippen LogP contribution in [0.15, 0.2) is 41.6 Å². The summed E-state index contributed by atoms with van der Waals surface area (Å²) in [5, 5.41) is 13.5. The molecule has 0 unspecified atom stereocenters. The van der Waals surface area contributed by atoms with Gasteiger partial charge in [-0.15, -0.1) is 0 Å². The Balaban J connectivity index is 1.65. The molecule has 2 aromatic carbocycles. The SMILES string of the molecule is Oc1cc(Cl)c(OCCCCON=Cc2ccc(C(F)(F)F)cc2)c(Cl)c1. The second kappa shape index (κ2) is 9.71. The summed E-state index contributed by atoms with van der Waals surface area (Å²) >= 11 is 11.9. The van der Waals surface area contributed by atoms with Crippen molar-refractivity contribution in [1.82, 2.24) is 0 Å². The van der Waals surface area contributed by atoms with Crippen LogP contribution in [0.4, 0.5) is 13.2 Å². The lowest BCUT2D eigenvalue weighted by Crippen LogP contribution is -2.04. The molecule has 0 bridgehead atoms. The number of rotatable bonds is 8. The maximum Gasteiger partial charge on any atom is 0.416 e. The first-order chi connectivity index (χ1) is 12.8. The van der Waals surface area contributed by atoms with E-state index in [1.165, 1.54) is 30.5 Å². The average molecular weight is 422 g/mol. The molecule has 0 saturated carbocycles. The number of hydrogen-bond donors (Lipinski definition) is 1. The van der Waals surface area contributed by atoms with Gasteiger partial charge in [0, 0.05) is 12.1 Å². The van der Waals surface area contributed by atoms with Crippen LogP contribution in [0.1, 0.15) is 24.0 Å². The number of phenols is 1. The standard InChI is InChI=1S/C18H16Cl2F3NO3/c19-15-9-14(25)10-16(20)17(15)26-7-1-2-8-27-24-11-12-3-5-13(6-4-12)18(21,22)23/h3-6,9-11,25H,1-2,7-8H2. The van der Waals surface area contributed by atoms with Crippen LogP contribution in [-0.2, 0) is 11.0 Å². The Bertz CT molecular complexity index is 757. The van der Waals surface area contributed by atoms with Crippen LogP contribution < -0.4 is 4.74 Å². The van der Waals surface area contributed by atoms with Gasteiger partial charge in [0.05, 0.1) is 28.4 Å². The Morgan fingerprint density at radius 3 is 2.19 bits per heavy atom. The molecule has 0 radical (unpaired) electrons. The van der Waals surface area contributed by atoms with Gasteiger partial charge in [-0.2, -0.15) is 13.2 Å². The van der Waals surface area contributed by atoms with E-state index in [0.717, 1.165) is 12.1 Å². The molecule has 0 spiro atoms. The minimum atomic E-state index is -4.36. The van der Waals surface area contributed by atoms with E-state index in [2.05, 4.69) is 5.16 Å². The minimum Gasteiger partial charge on any atom is -0.508 e. The van der Waals surface area contributed by atoms with Crippen LogP contribution in [-0.4, -0.2) is 24.5 Å². The third kappa shape index (κ3) is 6.84. The van der Waals surface area contributed by atoms with Gasteiger partial charge in [-0.3, -0.25) is 0 Å². The maximum absolute atomic E-state index is 12.4. The van der Waals surface area contributed by atoms with Crippen LogP contribution in [0.3, 0.4) is 0 Å². The zero-order valence-electron chi connectivity index (χ0n) is 14.0. The minimum absolute atomic E-state index is 0.0448. The fraction of sp³-hybridized carbons (Fsp3) is 0.278. The fourth-order valence-corrected chi connectivity index (χ4v) is 2.62. The van der Waals surface area contributed by atoms with Crippen LogP contribution in [0, 0.1) is 0 Å². The lowest BCUT2D eigenvalue weighted by atomic mass is 10.1. The molecule has 0 saturated heterocycles. The highest BCUT2D eigenvalue weighted by Crippen LogP contribution is 2.36. The average Bonchev–Trinajstić information content (AvgIpc) is 2.58. The molecule has 0 heterocycles. The van der Waals surface area contributed by atoms with Gasteiger partial charge in [0.1, 0.15) is 12.4 Å². The van der Waals surface area contributed by atoms with Crippen molar-refractivity contribution in [3.63, 3.8) is 0 Å². The highest BCUT2D eigenvalue weighted by molar-refractivity contribution is 6.37. The van der Waals surface area contributed by atoms with Gasteiger partial charge in [-0.25, -0.2) is 0 Å². The summed E-state index contributed by atoms with van der Waals surface area (Å²) in [5.41, 5.74) is -0.211. The van der Waals surface area contributed by atoms with Crippen LogP contribution in [0.2, 0.25) is 10.0 Å². The summed E-state index contributed by atoms with van der Waals surface area (Å²) in [6.45, 7) is 0.660. The molecule has 9 heteroatoms. The van der Waals surface area contributed by atoms with Crippen LogP contribution in [0.5, 0.6) is 11.5 Å². The van der Waals surface area contributed by atoms with Crippen molar-refractivity contribution in [3.05, 3.63) is 57.6 Å². The summed E-state index contributed by atoms with van der Waals surface area (Å²) in [5.74, 6) is 0.258. The zero-order chi connectivity index (χ0) is 19.9. The van der Waals surface area contributed by atoms with E-state index in [9.17, 15) is 18.3 Å². The van der Waals surface area contributed by atoms with E-state index >= 15 is 0 Å². The molecule has 0 fully saturated rings. The molecule has 0 aliphatic heterocycles. The second-order valence-corrected chi connectivity index (χ2v) is 6.30. The van der Waals surface area contributed by atoms with E-state index in [4.69, 9.17) is 32.8 Å². The first-order valence-electron chi connectivity index (χ1n) is 7.91. The molecule has 0 amide bonds. The molecule has 4 nitrogen and oxygen atoms in total. The Morgan fingerprint density at radius 1 is 1.00 bits per heavy atom. The summed E-state index contributed by atoms with van der Waals surface area (Å²) in [6.07, 6.45) is -1.74. The van der Waals surface area contributed by atoms with Crippen LogP contribution in [0.25, 0.3) is 0 Å². The third-order valence-corrected chi connectivity index (χ3v) is 3.94. The van der Waals surface area contributed by atoms with Gasteiger partial charge >= 0.3 is 6.18 Å². The van der Waals surface area contributed by atoms with Crippen molar-refractivity contribution in [2.45, 2.75) is 19.0 Å². The van der Waals surface area contributed by atoms with Crippen LogP contribution >= 0.6 is 23.2 Å². The summed E-state index contributed by atoms with van der Waals surface area (Å²) in [4.78, 5) is 5.06. The number of unbranched alkanes of at least 4 members (excludes halogenated alkanes) is 1. The van der Waals surface area contributed by atoms with Gasteiger partial charge in [0.2, 0.25) is 0 Å². The predicted octanol–water partition coefficient (Wildman–Crippen LogP) is 5.93. The number of alkyl halides is 3. The fourth-order valence-electron chi connectivity index (χ4n) is 2.04. The van der Waals surface area contributed by atoms with Crippen molar-refractivity contribution in [2.75, 3.05) is 13.2 Å². The van der Waals surface area contributed by atoms with Gasteiger partial charge in [-0.05, 0) is 30.5 Å². The number of hydrogen-bond acceptors (Lipinski definition) is 4. The summed E-state index contributed by atoms with van der Waals surface area (Å²) < 4.78 is 42.8. The van der Waals surface area contributed by atoms with Crippen molar-refractivity contribution in [2.24, 2.45) is 5.16 Å². The zero-order valence-corrected chi connectivity index (χ0v) is 15.5. The second-order valence-electron chi connectivity index (χ2n) is 5.48. The Labute approximate surface area is 164 Å². The molecule has 1 N–H and O–H groups in total. The molecule has 2 rings (SSSR count). The third-order valence-electron chi connectivity index (χ3n) is 3.37. The van der Waals surface area contributed by atoms with E-state index in [1.54, 1.807) is 0 Å². The van der Waals surface area contributed by atoms with E-state index < -0.39 is 11.7 Å². The number of aromatic hydroxyl groups is 1. The Morgan fingerprint density at radius 2 is 1.59 bits per heavy atom. The summed E-state index contributed by atoms with van der Waals surface area (Å²) in [7, 11) is 0. The molecule has 0 atom stereocenters. The molecule has 0 aliphatic carbocycles. The molecule has 0 aromatic heterocycles. The first-order valence-corrected chi connectivity index (χ1v) is 8.66. The smallest absolute Gasteiger partial charge is 0.416 e. The largest absolute Gasteiger partial charge is 0.508 e. The van der Waals surface area contributed by atoms with Crippen molar-refractivity contribution < 1.29 is 27.9 Å². The van der Waals surface area contributed by atoms with E-state index in [-0.39, 0.29) is 15.8 Å². The quantitative estimate of drug-likeness (QED) is 0.326. The lowest BCUT2D eigenvalue weighted by molar-refractivity contribution is -0.137. The topological polar surface area (TPSA) is 51.0 Å². The van der Waals surface area contributed by atoms with Crippen molar-refractivity contribution >= 4 is 29.4 Å². The molecule has 0 aliphatic rings. The number of oxime groups is 1. The van der Waals surface area contributed by atoms with Gasteiger partial charge < -0.3 is 14.7 Å². The molecule has 2 aromatic rings. The Hall–Kier alpha value is -2.12. The summed E-state index contributed by atoms with van der Waals surface area (Å²) in [6, 6.07) is 7.27.